The van der Waals surface area contributed by atoms with E-state index < -0.39 is 10.0 Å². The van der Waals surface area contributed by atoms with Crippen LogP contribution in [-0.4, -0.2) is 33.8 Å². The lowest BCUT2D eigenvalue weighted by Crippen LogP contribution is -2.30. The van der Waals surface area contributed by atoms with Crippen molar-refractivity contribution in [3.05, 3.63) is 0 Å². The first kappa shape index (κ1) is 15.4. The molecule has 0 aromatic rings. The Bertz CT molecular complexity index is 366. The van der Waals surface area contributed by atoms with Crippen LogP contribution in [0, 0.1) is 11.8 Å². The molecule has 0 radical (unpaired) electrons. The molecule has 0 aliphatic heterocycles. The number of esters is 1. The van der Waals surface area contributed by atoms with Gasteiger partial charge in [0, 0.05) is 13.0 Å². The van der Waals surface area contributed by atoms with E-state index in [9.17, 15) is 13.2 Å². The zero-order chi connectivity index (χ0) is 13.6. The lowest BCUT2D eigenvalue weighted by Gasteiger charge is -2.11. The third kappa shape index (κ3) is 5.82. The normalized spacial score (nSPS) is 24.1. The number of carbonyl (C=O) groups is 1. The molecule has 1 fully saturated rings. The first-order chi connectivity index (χ1) is 8.43. The molecular weight excluding hydrogens is 254 g/mol. The van der Waals surface area contributed by atoms with E-state index in [4.69, 9.17) is 0 Å². The first-order valence-corrected chi connectivity index (χ1v) is 8.12. The quantitative estimate of drug-likeness (QED) is 0.712. The molecule has 0 aromatic carbocycles. The van der Waals surface area contributed by atoms with Crippen LogP contribution in [0.2, 0.25) is 0 Å². The molecule has 1 saturated carbocycles. The number of nitrogens with one attached hydrogen (secondary N) is 1. The average molecular weight is 277 g/mol. The topological polar surface area (TPSA) is 72.5 Å². The SMILES string of the molecule is COC(=O)CCCS(=O)(=O)NCC1CCC(C)C1. The maximum Gasteiger partial charge on any atom is 0.305 e. The van der Waals surface area contributed by atoms with Gasteiger partial charge in [-0.1, -0.05) is 13.3 Å². The highest BCUT2D eigenvalue weighted by molar-refractivity contribution is 7.89. The van der Waals surface area contributed by atoms with E-state index in [1.165, 1.54) is 13.5 Å². The number of methoxy groups -OCH3 is 1. The van der Waals surface area contributed by atoms with Crippen molar-refractivity contribution >= 4 is 16.0 Å². The third-order valence-corrected chi connectivity index (χ3v) is 4.85. The number of hydrogen-bond donors (Lipinski definition) is 1. The van der Waals surface area contributed by atoms with Crippen LogP contribution in [0.5, 0.6) is 0 Å². The molecule has 0 aromatic heterocycles. The van der Waals surface area contributed by atoms with Crippen molar-refractivity contribution in [2.24, 2.45) is 11.8 Å². The number of carbonyl (C=O) groups excluding carboxylic acids is 1. The third-order valence-electron chi connectivity index (χ3n) is 3.42. The van der Waals surface area contributed by atoms with E-state index in [2.05, 4.69) is 16.4 Å². The van der Waals surface area contributed by atoms with Crippen LogP contribution in [0.25, 0.3) is 0 Å². The molecule has 0 bridgehead atoms. The lowest BCUT2D eigenvalue weighted by molar-refractivity contribution is -0.140. The molecule has 1 rings (SSSR count). The minimum atomic E-state index is -3.25. The van der Waals surface area contributed by atoms with E-state index in [-0.39, 0.29) is 18.1 Å². The van der Waals surface area contributed by atoms with Gasteiger partial charge in [0.1, 0.15) is 0 Å². The fourth-order valence-electron chi connectivity index (χ4n) is 2.34. The van der Waals surface area contributed by atoms with Gasteiger partial charge in [0.15, 0.2) is 0 Å². The Balaban J connectivity index is 2.21. The van der Waals surface area contributed by atoms with Crippen LogP contribution in [-0.2, 0) is 19.6 Å². The summed E-state index contributed by atoms with van der Waals surface area (Å²) in [6.45, 7) is 2.73. The fraction of sp³-hybridized carbons (Fsp3) is 0.917. The minimum absolute atomic E-state index is 0.00955. The lowest BCUT2D eigenvalue weighted by atomic mass is 10.1. The van der Waals surface area contributed by atoms with Gasteiger partial charge in [0.2, 0.25) is 10.0 Å². The summed E-state index contributed by atoms with van der Waals surface area (Å²) in [5, 5.41) is 0. The Morgan fingerprint density at radius 3 is 2.67 bits per heavy atom. The summed E-state index contributed by atoms with van der Waals surface area (Å²) in [6.07, 6.45) is 3.85. The van der Waals surface area contributed by atoms with Crippen LogP contribution < -0.4 is 4.72 Å². The van der Waals surface area contributed by atoms with Gasteiger partial charge in [-0.25, -0.2) is 13.1 Å². The van der Waals surface area contributed by atoms with Crippen molar-refractivity contribution in [2.75, 3.05) is 19.4 Å². The molecular formula is C12H23NO4S. The molecule has 0 saturated heterocycles. The summed E-state index contributed by atoms with van der Waals surface area (Å²) >= 11 is 0. The second-order valence-corrected chi connectivity index (χ2v) is 7.06. The van der Waals surface area contributed by atoms with Crippen LogP contribution in [0.3, 0.4) is 0 Å². The smallest absolute Gasteiger partial charge is 0.305 e. The molecule has 106 valence electrons. The van der Waals surface area contributed by atoms with Gasteiger partial charge in [0.05, 0.1) is 12.9 Å². The largest absolute Gasteiger partial charge is 0.469 e. The van der Waals surface area contributed by atoms with Crippen molar-refractivity contribution in [1.29, 1.82) is 0 Å². The summed E-state index contributed by atoms with van der Waals surface area (Å²) in [4.78, 5) is 10.9. The number of hydrogen-bond acceptors (Lipinski definition) is 4. The molecule has 5 nitrogen and oxygen atoms in total. The van der Waals surface area contributed by atoms with Crippen LogP contribution in [0.15, 0.2) is 0 Å². The van der Waals surface area contributed by atoms with E-state index in [1.807, 2.05) is 0 Å². The Kier molecular flexibility index (Phi) is 6.08. The number of rotatable bonds is 7. The second-order valence-electron chi connectivity index (χ2n) is 5.13. The molecule has 0 amide bonds. The van der Waals surface area contributed by atoms with Crippen molar-refractivity contribution in [3.8, 4) is 0 Å². The molecule has 1 aliphatic rings. The number of ether oxygens (including phenoxy) is 1. The van der Waals surface area contributed by atoms with Crippen LogP contribution >= 0.6 is 0 Å². The molecule has 1 N–H and O–H groups in total. The highest BCUT2D eigenvalue weighted by atomic mass is 32.2. The molecule has 1 aliphatic carbocycles. The van der Waals surface area contributed by atoms with E-state index >= 15 is 0 Å². The average Bonchev–Trinajstić information content (AvgIpc) is 2.72. The van der Waals surface area contributed by atoms with Gasteiger partial charge in [-0.05, 0) is 31.1 Å². The zero-order valence-corrected chi connectivity index (χ0v) is 12.0. The summed E-state index contributed by atoms with van der Waals surface area (Å²) in [7, 11) is -1.95. The van der Waals surface area contributed by atoms with Gasteiger partial charge >= 0.3 is 5.97 Å². The van der Waals surface area contributed by atoms with Crippen molar-refractivity contribution in [2.45, 2.75) is 39.0 Å². The predicted octanol–water partition coefficient (Wildman–Crippen LogP) is 1.30. The highest BCUT2D eigenvalue weighted by Crippen LogP contribution is 2.29. The van der Waals surface area contributed by atoms with Gasteiger partial charge in [0.25, 0.3) is 0 Å². The summed E-state index contributed by atoms with van der Waals surface area (Å²) in [5.74, 6) is 0.800. The standard InChI is InChI=1S/C12H23NO4S/c1-10-5-6-11(8-10)9-13-18(15,16)7-3-4-12(14)17-2/h10-11,13H,3-9H2,1-2H3. The van der Waals surface area contributed by atoms with Crippen molar-refractivity contribution in [1.82, 2.24) is 4.72 Å². The van der Waals surface area contributed by atoms with E-state index in [0.29, 0.717) is 24.8 Å². The van der Waals surface area contributed by atoms with Crippen LogP contribution in [0.4, 0.5) is 0 Å². The Hall–Kier alpha value is -0.620. The molecule has 2 atom stereocenters. The molecule has 6 heteroatoms. The van der Waals surface area contributed by atoms with Gasteiger partial charge in [-0.3, -0.25) is 4.79 Å². The molecule has 0 heterocycles. The maximum atomic E-state index is 11.7. The van der Waals surface area contributed by atoms with E-state index in [0.717, 1.165) is 12.8 Å². The van der Waals surface area contributed by atoms with Gasteiger partial charge in [-0.2, -0.15) is 0 Å². The molecule has 18 heavy (non-hydrogen) atoms. The maximum absolute atomic E-state index is 11.7. The zero-order valence-electron chi connectivity index (χ0n) is 11.1. The summed E-state index contributed by atoms with van der Waals surface area (Å²) in [5.41, 5.74) is 0. The summed E-state index contributed by atoms with van der Waals surface area (Å²) in [6, 6.07) is 0. The van der Waals surface area contributed by atoms with E-state index in [1.54, 1.807) is 0 Å². The minimum Gasteiger partial charge on any atom is -0.469 e. The Labute approximate surface area is 109 Å². The molecule has 2 unspecified atom stereocenters. The van der Waals surface area contributed by atoms with Crippen LogP contribution in [0.1, 0.15) is 39.0 Å². The highest BCUT2D eigenvalue weighted by Gasteiger charge is 2.22. The first-order valence-electron chi connectivity index (χ1n) is 6.47. The second kappa shape index (κ2) is 7.09. The predicted molar refractivity (Wildman–Crippen MR) is 69.5 cm³/mol. The Morgan fingerprint density at radius 1 is 1.39 bits per heavy atom. The Morgan fingerprint density at radius 2 is 2.11 bits per heavy atom. The number of sulfonamides is 1. The van der Waals surface area contributed by atoms with Crippen molar-refractivity contribution < 1.29 is 17.9 Å². The van der Waals surface area contributed by atoms with Gasteiger partial charge in [-0.15, -0.1) is 0 Å². The molecule has 0 spiro atoms. The van der Waals surface area contributed by atoms with Gasteiger partial charge < -0.3 is 4.74 Å². The van der Waals surface area contributed by atoms with Crippen molar-refractivity contribution in [3.63, 3.8) is 0 Å². The summed E-state index contributed by atoms with van der Waals surface area (Å²) < 4.78 is 30.4. The monoisotopic (exact) mass is 277 g/mol. The fourth-order valence-corrected chi connectivity index (χ4v) is 3.49.